The number of amides is 1. The average molecular weight is 316 g/mol. The molecule has 1 aliphatic rings. The number of aliphatic imine (C=N–C) groups is 1. The third kappa shape index (κ3) is 7.57. The summed E-state index contributed by atoms with van der Waals surface area (Å²) in [6, 6.07) is 0.269. The summed E-state index contributed by atoms with van der Waals surface area (Å²) in [5.41, 5.74) is 0. The summed E-state index contributed by atoms with van der Waals surface area (Å²) in [5, 5.41) is 6.68. The second-order valence-corrected chi connectivity index (χ2v) is 6.40. The highest BCUT2D eigenvalue weighted by Gasteiger charge is 2.31. The van der Waals surface area contributed by atoms with E-state index in [0.29, 0.717) is 18.5 Å². The number of hydrogen-bond donors (Lipinski definition) is 2. The number of hydrogen-bond acceptors (Lipinski definition) is 4. The average Bonchev–Trinajstić information content (AvgIpc) is 3.28. The molecule has 0 aromatic rings. The summed E-state index contributed by atoms with van der Waals surface area (Å²) in [5.74, 6) is 2.35. The molecule has 1 atom stereocenters. The first kappa shape index (κ1) is 18.1. The Kier molecular flexibility index (Phi) is 8.52. The molecule has 0 bridgehead atoms. The maximum Gasteiger partial charge on any atom is 0.243 e. The van der Waals surface area contributed by atoms with Crippen LogP contribution in [0, 0.1) is 5.92 Å². The Labute approximate surface area is 132 Å². The lowest BCUT2D eigenvalue weighted by Crippen LogP contribution is -2.47. The maximum atomic E-state index is 11.7. The van der Waals surface area contributed by atoms with Gasteiger partial charge in [0.15, 0.2) is 5.96 Å². The fourth-order valence-corrected chi connectivity index (χ4v) is 2.17. The minimum Gasteiger partial charge on any atom is -0.383 e. The predicted octanol–water partition coefficient (Wildman–Crippen LogP) is 0.398. The Morgan fingerprint density at radius 3 is 2.71 bits per heavy atom. The number of nitrogens with zero attached hydrogens (tertiary/aromatic N) is 2. The Balaban J connectivity index is 2.56. The number of guanidine groups is 1. The quantitative estimate of drug-likeness (QED) is 0.366. The van der Waals surface area contributed by atoms with Gasteiger partial charge in [0.05, 0.1) is 12.6 Å². The van der Waals surface area contributed by atoms with E-state index in [1.807, 2.05) is 0 Å². The molecular formula is C14H28N4O2S. The standard InChI is InChI=1S/C14H28N4O2S/c1-18(2)13(19)9-16-14(15-7-8-21-4)17-12(10-20-3)11-5-6-11/h11-12H,5-10H2,1-4H3,(H2,15,16,17). The summed E-state index contributed by atoms with van der Waals surface area (Å²) in [6.45, 7) is 1.65. The van der Waals surface area contributed by atoms with E-state index >= 15 is 0 Å². The largest absolute Gasteiger partial charge is 0.383 e. The van der Waals surface area contributed by atoms with Crippen molar-refractivity contribution >= 4 is 23.6 Å². The first-order valence-electron chi connectivity index (χ1n) is 7.31. The van der Waals surface area contributed by atoms with Crippen molar-refractivity contribution in [2.24, 2.45) is 10.9 Å². The number of carbonyl (C=O) groups is 1. The van der Waals surface area contributed by atoms with Crippen molar-refractivity contribution in [2.75, 3.05) is 52.9 Å². The van der Waals surface area contributed by atoms with Crippen molar-refractivity contribution in [1.82, 2.24) is 15.5 Å². The molecule has 1 amide bonds. The molecule has 0 heterocycles. The number of rotatable bonds is 9. The fourth-order valence-electron chi connectivity index (χ4n) is 1.86. The molecule has 2 N–H and O–H groups in total. The van der Waals surface area contributed by atoms with Crippen LogP contribution in [0.5, 0.6) is 0 Å². The van der Waals surface area contributed by atoms with Crippen molar-refractivity contribution in [3.8, 4) is 0 Å². The molecule has 0 spiro atoms. The smallest absolute Gasteiger partial charge is 0.243 e. The zero-order valence-corrected chi connectivity index (χ0v) is 14.3. The van der Waals surface area contributed by atoms with Crippen LogP contribution in [0.3, 0.4) is 0 Å². The number of likely N-dealkylation sites (N-methyl/N-ethyl adjacent to an activating group) is 1. The molecule has 1 unspecified atom stereocenters. The molecule has 0 saturated heterocycles. The Hall–Kier alpha value is -0.950. The summed E-state index contributed by atoms with van der Waals surface area (Å²) >= 11 is 1.78. The second-order valence-electron chi connectivity index (χ2n) is 5.42. The molecule has 0 aromatic carbocycles. The van der Waals surface area contributed by atoms with Gasteiger partial charge in [0.2, 0.25) is 5.91 Å². The summed E-state index contributed by atoms with van der Waals surface area (Å²) < 4.78 is 5.27. The number of methoxy groups -OCH3 is 1. The van der Waals surface area contributed by atoms with Gasteiger partial charge >= 0.3 is 0 Å². The third-order valence-corrected chi connectivity index (χ3v) is 3.94. The van der Waals surface area contributed by atoms with E-state index in [0.717, 1.165) is 12.3 Å². The molecule has 7 heteroatoms. The monoisotopic (exact) mass is 316 g/mol. The van der Waals surface area contributed by atoms with Crippen LogP contribution in [0.4, 0.5) is 0 Å². The molecule has 1 aliphatic carbocycles. The van der Waals surface area contributed by atoms with Gasteiger partial charge in [-0.05, 0) is 25.0 Å². The lowest BCUT2D eigenvalue weighted by molar-refractivity contribution is -0.127. The van der Waals surface area contributed by atoms with Gasteiger partial charge in [-0.1, -0.05) is 0 Å². The third-order valence-electron chi connectivity index (χ3n) is 3.33. The van der Waals surface area contributed by atoms with E-state index in [1.54, 1.807) is 37.9 Å². The number of carbonyl (C=O) groups excluding carboxylic acids is 1. The van der Waals surface area contributed by atoms with Crippen LogP contribution in [-0.2, 0) is 9.53 Å². The molecular weight excluding hydrogens is 288 g/mol. The highest BCUT2D eigenvalue weighted by atomic mass is 32.2. The second kappa shape index (κ2) is 9.89. The molecule has 0 radical (unpaired) electrons. The van der Waals surface area contributed by atoms with E-state index in [9.17, 15) is 4.79 Å². The topological polar surface area (TPSA) is 66.0 Å². The van der Waals surface area contributed by atoms with Gasteiger partial charge in [-0.25, -0.2) is 4.99 Å². The number of ether oxygens (including phenoxy) is 1. The fraction of sp³-hybridized carbons (Fsp3) is 0.857. The van der Waals surface area contributed by atoms with Crippen molar-refractivity contribution < 1.29 is 9.53 Å². The van der Waals surface area contributed by atoms with Crippen molar-refractivity contribution in [3.05, 3.63) is 0 Å². The van der Waals surface area contributed by atoms with E-state index in [4.69, 9.17) is 4.74 Å². The van der Waals surface area contributed by atoms with Crippen LogP contribution < -0.4 is 10.6 Å². The van der Waals surface area contributed by atoms with Crippen LogP contribution in [0.2, 0.25) is 0 Å². The zero-order valence-electron chi connectivity index (χ0n) is 13.5. The predicted molar refractivity (Wildman–Crippen MR) is 88.9 cm³/mol. The van der Waals surface area contributed by atoms with Crippen LogP contribution in [0.1, 0.15) is 12.8 Å². The molecule has 21 heavy (non-hydrogen) atoms. The summed E-state index contributed by atoms with van der Waals surface area (Å²) in [7, 11) is 5.19. The molecule has 6 nitrogen and oxygen atoms in total. The van der Waals surface area contributed by atoms with Gasteiger partial charge in [-0.3, -0.25) is 4.79 Å². The lowest BCUT2D eigenvalue weighted by Gasteiger charge is -2.21. The van der Waals surface area contributed by atoms with Gasteiger partial charge in [0.25, 0.3) is 0 Å². The van der Waals surface area contributed by atoms with Gasteiger partial charge in [-0.2, -0.15) is 11.8 Å². The molecule has 1 fully saturated rings. The summed E-state index contributed by atoms with van der Waals surface area (Å²) in [4.78, 5) is 17.6. The lowest BCUT2D eigenvalue weighted by atomic mass is 10.2. The minimum absolute atomic E-state index is 0.00400. The van der Waals surface area contributed by atoms with Gasteiger partial charge < -0.3 is 20.3 Å². The SMILES string of the molecule is COCC(NC(=NCC(=O)N(C)C)NCCSC)C1CC1. The number of thioether (sulfide) groups is 1. The highest BCUT2D eigenvalue weighted by Crippen LogP contribution is 2.32. The van der Waals surface area contributed by atoms with Gasteiger partial charge in [0.1, 0.15) is 6.54 Å². The van der Waals surface area contributed by atoms with Crippen LogP contribution in [-0.4, -0.2) is 75.7 Å². The van der Waals surface area contributed by atoms with Gasteiger partial charge in [-0.15, -0.1) is 0 Å². The van der Waals surface area contributed by atoms with E-state index < -0.39 is 0 Å². The molecule has 0 aromatic heterocycles. The van der Waals surface area contributed by atoms with Crippen molar-refractivity contribution in [1.29, 1.82) is 0 Å². The summed E-state index contributed by atoms with van der Waals surface area (Å²) in [6.07, 6.45) is 4.53. The Morgan fingerprint density at radius 1 is 1.48 bits per heavy atom. The normalized spacial score (nSPS) is 16.5. The molecule has 1 saturated carbocycles. The van der Waals surface area contributed by atoms with Crippen molar-refractivity contribution in [3.63, 3.8) is 0 Å². The molecule has 122 valence electrons. The molecule has 0 aliphatic heterocycles. The van der Waals surface area contributed by atoms with E-state index in [2.05, 4.69) is 21.9 Å². The first-order chi connectivity index (χ1) is 10.1. The van der Waals surface area contributed by atoms with Crippen molar-refractivity contribution in [2.45, 2.75) is 18.9 Å². The number of nitrogens with one attached hydrogen (secondary N) is 2. The van der Waals surface area contributed by atoms with Crippen LogP contribution in [0.25, 0.3) is 0 Å². The van der Waals surface area contributed by atoms with Gasteiger partial charge in [0, 0.05) is 33.5 Å². The van der Waals surface area contributed by atoms with E-state index in [-0.39, 0.29) is 18.5 Å². The van der Waals surface area contributed by atoms with Crippen LogP contribution in [0.15, 0.2) is 4.99 Å². The Bertz CT molecular complexity index is 346. The first-order valence-corrected chi connectivity index (χ1v) is 8.70. The minimum atomic E-state index is -0.00400. The zero-order chi connectivity index (χ0) is 15.7. The van der Waals surface area contributed by atoms with Crippen LogP contribution >= 0.6 is 11.8 Å². The maximum absolute atomic E-state index is 11.7. The molecule has 1 rings (SSSR count). The highest BCUT2D eigenvalue weighted by molar-refractivity contribution is 7.98. The Morgan fingerprint density at radius 2 is 2.19 bits per heavy atom. The van der Waals surface area contributed by atoms with E-state index in [1.165, 1.54) is 12.8 Å².